The quantitative estimate of drug-likeness (QED) is 0.412. The Morgan fingerprint density at radius 2 is 1.86 bits per heavy atom. The minimum Gasteiger partial charge on any atom is -0.309 e. The molecule has 0 bridgehead atoms. The Morgan fingerprint density at radius 3 is 2.50 bits per heavy atom. The third-order valence-electron chi connectivity index (χ3n) is 4.44. The maximum Gasteiger partial charge on any atom is 0.269 e. The second-order valence-electron chi connectivity index (χ2n) is 6.65. The van der Waals surface area contributed by atoms with Gasteiger partial charge in [-0.15, -0.1) is 23.5 Å². The Balaban J connectivity index is 2.23. The molecule has 1 heterocycles. The molecule has 0 aliphatic rings. The lowest BCUT2D eigenvalue weighted by molar-refractivity contribution is 0.437. The van der Waals surface area contributed by atoms with E-state index in [0.717, 1.165) is 38.7 Å². The van der Waals surface area contributed by atoms with Crippen molar-refractivity contribution in [2.75, 3.05) is 32.6 Å². The first-order chi connectivity index (χ1) is 13.3. The summed E-state index contributed by atoms with van der Waals surface area (Å²) in [7, 11) is 0.355. The lowest BCUT2D eigenvalue weighted by Crippen LogP contribution is -2.15. The van der Waals surface area contributed by atoms with Gasteiger partial charge in [0.15, 0.2) is 0 Å². The average Bonchev–Trinajstić information content (AvgIpc) is 2.93. The average molecular weight is 500 g/mol. The van der Waals surface area contributed by atoms with Crippen molar-refractivity contribution < 1.29 is 8.42 Å². The molecule has 0 N–H and O–H groups in total. The summed E-state index contributed by atoms with van der Waals surface area (Å²) in [5.41, 5.74) is 1.48. The molecule has 4 nitrogen and oxygen atoms in total. The van der Waals surface area contributed by atoms with Crippen LogP contribution in [0.2, 0.25) is 0 Å². The number of nitrogens with zero attached hydrogens (tertiary/aromatic N) is 2. The van der Waals surface area contributed by atoms with Crippen molar-refractivity contribution in [3.05, 3.63) is 52.6 Å². The highest BCUT2D eigenvalue weighted by Crippen LogP contribution is 2.38. The fourth-order valence-electron chi connectivity index (χ4n) is 3.04. The van der Waals surface area contributed by atoms with E-state index in [1.54, 1.807) is 41.7 Å². The highest BCUT2D eigenvalue weighted by Gasteiger charge is 2.26. The SMILES string of the molecule is CSc1ccc2c(c1)c(SCCN(C)C)c(C)n2S(=O)(=O)c1ccccc1Br. The summed E-state index contributed by atoms with van der Waals surface area (Å²) in [6.45, 7) is 2.82. The molecule has 0 amide bonds. The third kappa shape index (κ3) is 4.16. The molecule has 3 aromatic rings. The van der Waals surface area contributed by atoms with Gasteiger partial charge in [0.25, 0.3) is 10.0 Å². The van der Waals surface area contributed by atoms with Gasteiger partial charge < -0.3 is 4.90 Å². The van der Waals surface area contributed by atoms with Crippen LogP contribution in [0.15, 0.2) is 61.6 Å². The Labute approximate surface area is 183 Å². The summed E-state index contributed by atoms with van der Waals surface area (Å²) in [5, 5.41) is 0.990. The Bertz CT molecular complexity index is 1110. The van der Waals surface area contributed by atoms with E-state index in [4.69, 9.17) is 0 Å². The molecule has 0 aliphatic heterocycles. The van der Waals surface area contributed by atoms with Gasteiger partial charge in [-0.25, -0.2) is 12.4 Å². The first-order valence-corrected chi connectivity index (χ1v) is 13.2. The van der Waals surface area contributed by atoms with E-state index in [9.17, 15) is 8.42 Å². The van der Waals surface area contributed by atoms with Crippen LogP contribution in [0.5, 0.6) is 0 Å². The zero-order valence-corrected chi connectivity index (χ0v) is 20.3. The number of rotatable bonds is 7. The van der Waals surface area contributed by atoms with Gasteiger partial charge in [-0.05, 0) is 73.5 Å². The Hall–Kier alpha value is -0.930. The summed E-state index contributed by atoms with van der Waals surface area (Å²) in [6.07, 6.45) is 2.03. The van der Waals surface area contributed by atoms with Crippen LogP contribution >= 0.6 is 39.5 Å². The zero-order valence-electron chi connectivity index (χ0n) is 16.3. The predicted octanol–water partition coefficient (Wildman–Crippen LogP) is 5.32. The number of fused-ring (bicyclic) bond motifs is 1. The largest absolute Gasteiger partial charge is 0.309 e. The molecule has 8 heteroatoms. The second-order valence-corrected chi connectivity index (χ2v) is 11.2. The first-order valence-electron chi connectivity index (χ1n) is 8.74. The van der Waals surface area contributed by atoms with Crippen LogP contribution in [-0.2, 0) is 10.0 Å². The maximum atomic E-state index is 13.5. The predicted molar refractivity (Wildman–Crippen MR) is 124 cm³/mol. The van der Waals surface area contributed by atoms with E-state index >= 15 is 0 Å². The number of hydrogen-bond donors (Lipinski definition) is 0. The van der Waals surface area contributed by atoms with Crippen LogP contribution in [-0.4, -0.2) is 49.9 Å². The normalized spacial score (nSPS) is 12.2. The summed E-state index contributed by atoms with van der Waals surface area (Å²) in [4.78, 5) is 4.56. The molecule has 0 saturated carbocycles. The van der Waals surface area contributed by atoms with Crippen LogP contribution in [0.1, 0.15) is 5.69 Å². The smallest absolute Gasteiger partial charge is 0.269 e. The molecule has 0 unspecified atom stereocenters. The van der Waals surface area contributed by atoms with Crippen molar-refractivity contribution in [3.63, 3.8) is 0 Å². The highest BCUT2D eigenvalue weighted by molar-refractivity contribution is 9.10. The van der Waals surface area contributed by atoms with Crippen molar-refractivity contribution in [2.24, 2.45) is 0 Å². The molecule has 0 saturated heterocycles. The molecule has 0 atom stereocenters. The van der Waals surface area contributed by atoms with Gasteiger partial charge >= 0.3 is 0 Å². The van der Waals surface area contributed by atoms with Crippen molar-refractivity contribution in [1.29, 1.82) is 0 Å². The van der Waals surface area contributed by atoms with E-state index in [1.165, 1.54) is 3.97 Å². The lowest BCUT2D eigenvalue weighted by Gasteiger charge is -2.12. The molecule has 28 heavy (non-hydrogen) atoms. The fourth-order valence-corrected chi connectivity index (χ4v) is 7.35. The zero-order chi connectivity index (χ0) is 20.5. The number of hydrogen-bond acceptors (Lipinski definition) is 5. The van der Waals surface area contributed by atoms with E-state index in [1.807, 2.05) is 45.5 Å². The first kappa shape index (κ1) is 21.8. The summed E-state index contributed by atoms with van der Waals surface area (Å²) in [5.74, 6) is 0.894. The number of halogens is 1. The van der Waals surface area contributed by atoms with Gasteiger partial charge in [0.05, 0.1) is 5.52 Å². The highest BCUT2D eigenvalue weighted by atomic mass is 79.9. The molecular formula is C20H23BrN2O2S3. The Kier molecular flexibility index (Phi) is 6.87. The van der Waals surface area contributed by atoms with Crippen LogP contribution < -0.4 is 0 Å². The molecule has 0 fully saturated rings. The molecule has 2 aromatic carbocycles. The van der Waals surface area contributed by atoms with Crippen molar-refractivity contribution >= 4 is 60.4 Å². The minimum atomic E-state index is -3.73. The van der Waals surface area contributed by atoms with E-state index in [-0.39, 0.29) is 4.90 Å². The molecular weight excluding hydrogens is 476 g/mol. The number of aromatic nitrogens is 1. The monoisotopic (exact) mass is 498 g/mol. The van der Waals surface area contributed by atoms with Crippen LogP contribution in [0.25, 0.3) is 10.9 Å². The summed E-state index contributed by atoms with van der Waals surface area (Å²) >= 11 is 6.77. The fraction of sp³-hybridized carbons (Fsp3) is 0.300. The van der Waals surface area contributed by atoms with Crippen molar-refractivity contribution in [1.82, 2.24) is 8.87 Å². The van der Waals surface area contributed by atoms with Gasteiger partial charge in [0.1, 0.15) is 4.90 Å². The van der Waals surface area contributed by atoms with Crippen molar-refractivity contribution in [2.45, 2.75) is 21.6 Å². The second kappa shape index (κ2) is 8.83. The minimum absolute atomic E-state index is 0.272. The molecule has 0 aliphatic carbocycles. The van der Waals surface area contributed by atoms with Crippen LogP contribution in [0, 0.1) is 6.92 Å². The molecule has 1 aromatic heterocycles. The van der Waals surface area contributed by atoms with Crippen molar-refractivity contribution in [3.8, 4) is 0 Å². The van der Waals surface area contributed by atoms with E-state index in [0.29, 0.717) is 4.47 Å². The lowest BCUT2D eigenvalue weighted by atomic mass is 10.2. The standard InChI is InChI=1S/C20H23BrN2O2S3/c1-14-20(27-12-11-22(2)3)16-13-15(26-4)9-10-18(16)23(14)28(24,25)19-8-6-5-7-17(19)21/h5-10,13H,11-12H2,1-4H3. The van der Waals surface area contributed by atoms with Gasteiger partial charge in [0.2, 0.25) is 0 Å². The van der Waals surface area contributed by atoms with Crippen LogP contribution in [0.3, 0.4) is 0 Å². The summed E-state index contributed by atoms with van der Waals surface area (Å²) < 4.78 is 29.2. The van der Waals surface area contributed by atoms with E-state index < -0.39 is 10.0 Å². The maximum absolute atomic E-state index is 13.5. The molecule has 150 valence electrons. The van der Waals surface area contributed by atoms with Gasteiger partial charge in [0, 0.05) is 37.6 Å². The topological polar surface area (TPSA) is 42.3 Å². The molecule has 0 radical (unpaired) electrons. The third-order valence-corrected chi connectivity index (χ3v) is 9.17. The number of benzene rings is 2. The van der Waals surface area contributed by atoms with E-state index in [2.05, 4.69) is 26.9 Å². The van der Waals surface area contributed by atoms with Gasteiger partial charge in [-0.3, -0.25) is 0 Å². The van der Waals surface area contributed by atoms with Crippen LogP contribution in [0.4, 0.5) is 0 Å². The molecule has 0 spiro atoms. The Morgan fingerprint density at radius 1 is 1.14 bits per heavy atom. The molecule has 3 rings (SSSR count). The van der Waals surface area contributed by atoms with Gasteiger partial charge in [-0.1, -0.05) is 12.1 Å². The van der Waals surface area contributed by atoms with Gasteiger partial charge in [-0.2, -0.15) is 0 Å². The summed E-state index contributed by atoms with van der Waals surface area (Å²) in [6, 6.07) is 12.9. The number of thioether (sulfide) groups is 2.